The predicted octanol–water partition coefficient (Wildman–Crippen LogP) is 1.37. The third-order valence-electron chi connectivity index (χ3n) is 12.6. The van der Waals surface area contributed by atoms with Gasteiger partial charge in [-0.2, -0.15) is 25.3 Å². The Hall–Kier alpha value is -7.73. The molecule has 4 aromatic carbocycles. The van der Waals surface area contributed by atoms with Gasteiger partial charge < -0.3 is 58.8 Å². The lowest BCUT2D eigenvalue weighted by Crippen LogP contribution is -2.62. The summed E-state index contributed by atoms with van der Waals surface area (Å²) in [6.07, 6.45) is 0.704. The van der Waals surface area contributed by atoms with E-state index in [1.54, 1.807) is 97.2 Å². The molecule has 0 saturated carbocycles. The van der Waals surface area contributed by atoms with Crippen LogP contribution >= 0.6 is 25.3 Å². The normalized spacial score (nSPS) is 14.5. The van der Waals surface area contributed by atoms with Crippen molar-refractivity contribution in [3.05, 3.63) is 154 Å². The van der Waals surface area contributed by atoms with E-state index in [1.807, 2.05) is 24.3 Å². The molecule has 9 atom stereocenters. The minimum Gasteiger partial charge on any atom is -0.391 e. The number of hydrogen-bond acceptors (Lipinski definition) is 13. The fourth-order valence-corrected chi connectivity index (χ4v) is 8.76. The maximum Gasteiger partial charge on any atom is 0.245 e. The number of amides is 8. The van der Waals surface area contributed by atoms with E-state index in [-0.39, 0.29) is 50.2 Å². The zero-order chi connectivity index (χ0) is 56.6. The number of azide groups is 1. The van der Waals surface area contributed by atoms with E-state index in [0.717, 1.165) is 10.9 Å². The molecular formula is C54H67N13O9S2. The molecule has 0 aliphatic heterocycles. The average molecular weight is 1110 g/mol. The number of nitrogens with one attached hydrogen (secondary N) is 8. The first-order valence-electron chi connectivity index (χ1n) is 25.3. The molecule has 0 saturated heterocycles. The molecular weight excluding hydrogens is 1040 g/mol. The molecule has 0 bridgehead atoms. The summed E-state index contributed by atoms with van der Waals surface area (Å²) >= 11 is 8.43. The average Bonchev–Trinajstić information content (AvgIpc) is 3.86. The Balaban J connectivity index is 1.36. The number of fused-ring (bicyclic) bond motifs is 1. The van der Waals surface area contributed by atoms with Crippen LogP contribution < -0.4 is 48.7 Å². The third kappa shape index (κ3) is 18.8. The van der Waals surface area contributed by atoms with Crippen molar-refractivity contribution in [1.82, 2.24) is 42.2 Å². The van der Waals surface area contributed by atoms with Crippen LogP contribution in [0.15, 0.2) is 127 Å². The molecule has 78 heavy (non-hydrogen) atoms. The Kier molecular flexibility index (Phi) is 24.7. The van der Waals surface area contributed by atoms with Crippen molar-refractivity contribution in [2.45, 2.75) is 106 Å². The summed E-state index contributed by atoms with van der Waals surface area (Å²) in [5.41, 5.74) is 24.2. The number of benzene rings is 4. The number of hydrogen-bond donors (Lipinski definition) is 13. The number of carbonyl (C=O) groups excluding carboxylic acids is 8. The molecule has 0 unspecified atom stereocenters. The number of aromatic nitrogens is 1. The molecule has 5 aromatic rings. The van der Waals surface area contributed by atoms with Gasteiger partial charge in [-0.1, -0.05) is 109 Å². The van der Waals surface area contributed by atoms with Crippen molar-refractivity contribution < 1.29 is 43.5 Å². The second-order valence-electron chi connectivity index (χ2n) is 18.5. The molecule has 8 amide bonds. The monoisotopic (exact) mass is 1110 g/mol. The molecule has 22 nitrogen and oxygen atoms in total. The number of aliphatic hydroxyl groups excluding tert-OH is 1. The zero-order valence-corrected chi connectivity index (χ0v) is 44.7. The fourth-order valence-electron chi connectivity index (χ4n) is 8.34. The first-order valence-corrected chi connectivity index (χ1v) is 26.6. The molecule has 0 aliphatic carbocycles. The summed E-state index contributed by atoms with van der Waals surface area (Å²) in [5, 5.41) is 33.4. The van der Waals surface area contributed by atoms with Crippen molar-refractivity contribution in [3.63, 3.8) is 0 Å². The number of aliphatic hydroxyl groups is 1. The van der Waals surface area contributed by atoms with Gasteiger partial charge in [0.2, 0.25) is 47.3 Å². The van der Waals surface area contributed by atoms with Gasteiger partial charge in [-0.05, 0) is 78.1 Å². The van der Waals surface area contributed by atoms with Crippen LogP contribution in [0.4, 0.5) is 0 Å². The van der Waals surface area contributed by atoms with Crippen LogP contribution in [0.5, 0.6) is 0 Å². The number of para-hydroxylation sites is 1. The van der Waals surface area contributed by atoms with Crippen LogP contribution in [0.1, 0.15) is 48.4 Å². The number of thiol groups is 2. The second kappa shape index (κ2) is 31.5. The summed E-state index contributed by atoms with van der Waals surface area (Å²) in [5.74, 6) is -7.11. The van der Waals surface area contributed by atoms with Crippen LogP contribution in [-0.4, -0.2) is 130 Å². The lowest BCUT2D eigenvalue weighted by Gasteiger charge is -2.28. The number of nitrogens with zero attached hydrogens (tertiary/aromatic N) is 3. The highest BCUT2D eigenvalue weighted by Gasteiger charge is 2.36. The van der Waals surface area contributed by atoms with Crippen LogP contribution in [0.2, 0.25) is 0 Å². The standard InChI is InChI=1S/C54H67N13O9S2/c1-32(68)46(54(76)64-45(31-78)52(74)61-42(26-34-17-7-3-8-18-34)50(72)62-43(53(75)66-67-57)27-35-19-9-4-10-20-35)65-48(70)40(23-13-14-24-55)59-51(73)44(28-36-29-58-39-22-12-11-21-37(36)39)63-49(71)41(60-47(69)38(56)30-77)25-33-15-5-2-6-16-33/h2-12,15-22,29,32,38,40-46,58,68,77-78H,13-14,23-28,30-31,55-56H2,1H3,(H,59,73)(H,60,69)(H,61,74)(H,62,72)(H,63,71)(H,64,76)(H,65,70)/t32-,38+,40+,41+,42+,43+,44-,45+,46+/m1/s1. The van der Waals surface area contributed by atoms with Crippen molar-refractivity contribution >= 4 is 83.4 Å². The molecule has 0 spiro atoms. The first-order chi connectivity index (χ1) is 37.5. The summed E-state index contributed by atoms with van der Waals surface area (Å²) in [7, 11) is 0. The molecule has 0 radical (unpaired) electrons. The van der Waals surface area contributed by atoms with Gasteiger partial charge in [-0.25, -0.2) is 0 Å². The van der Waals surface area contributed by atoms with Gasteiger partial charge in [0.25, 0.3) is 0 Å². The van der Waals surface area contributed by atoms with E-state index < -0.39 is 102 Å². The van der Waals surface area contributed by atoms with E-state index in [2.05, 4.69) is 77.5 Å². The molecule has 414 valence electrons. The van der Waals surface area contributed by atoms with Gasteiger partial charge in [0.1, 0.15) is 36.3 Å². The van der Waals surface area contributed by atoms with E-state index in [9.17, 15) is 43.5 Å². The van der Waals surface area contributed by atoms with Gasteiger partial charge >= 0.3 is 0 Å². The minimum absolute atomic E-state index is 0.00180. The van der Waals surface area contributed by atoms with Gasteiger partial charge in [-0.3, -0.25) is 38.4 Å². The molecule has 0 fully saturated rings. The van der Waals surface area contributed by atoms with E-state index in [4.69, 9.17) is 17.0 Å². The Morgan fingerprint density at radius 3 is 1.50 bits per heavy atom. The predicted molar refractivity (Wildman–Crippen MR) is 300 cm³/mol. The fraction of sp³-hybridized carbons (Fsp3) is 0.370. The van der Waals surface area contributed by atoms with Crippen molar-refractivity contribution in [1.29, 1.82) is 0 Å². The number of aromatic amines is 1. The van der Waals surface area contributed by atoms with Crippen molar-refractivity contribution in [2.75, 3.05) is 18.1 Å². The van der Waals surface area contributed by atoms with Crippen LogP contribution in [0, 0.1) is 0 Å². The van der Waals surface area contributed by atoms with E-state index in [0.29, 0.717) is 35.1 Å². The number of rotatable bonds is 30. The zero-order valence-electron chi connectivity index (χ0n) is 42.9. The Labute approximate surface area is 462 Å². The first kappa shape index (κ1) is 61.1. The highest BCUT2D eigenvalue weighted by atomic mass is 32.1. The maximum absolute atomic E-state index is 14.6. The van der Waals surface area contributed by atoms with E-state index >= 15 is 0 Å². The smallest absolute Gasteiger partial charge is 0.245 e. The number of carbonyl (C=O) groups is 8. The molecule has 1 heterocycles. The molecule has 24 heteroatoms. The maximum atomic E-state index is 14.6. The highest BCUT2D eigenvalue weighted by Crippen LogP contribution is 2.20. The quantitative estimate of drug-likeness (QED) is 0.0102. The largest absolute Gasteiger partial charge is 0.391 e. The van der Waals surface area contributed by atoms with Crippen molar-refractivity contribution in [3.8, 4) is 0 Å². The number of nitrogens with two attached hydrogens (primary N) is 2. The molecule has 1 aromatic heterocycles. The van der Waals surface area contributed by atoms with Gasteiger partial charge in [-0.15, -0.1) is 0 Å². The van der Waals surface area contributed by atoms with Gasteiger partial charge in [0.05, 0.1) is 18.2 Å². The Bertz CT molecular complexity index is 2860. The summed E-state index contributed by atoms with van der Waals surface area (Å²) in [6, 6.07) is 22.7. The summed E-state index contributed by atoms with van der Waals surface area (Å²) < 4.78 is 0. The SMILES string of the molecule is C[C@@H](O)[C@H](NC(=O)[C@H](CCCCN)NC(=O)[C@@H](Cc1c[nH]c2ccccc12)NC(=O)[C@H](Cc1ccccc1)NC(=O)[C@@H](N)CS)C(=O)N[C@@H](CS)C(=O)N[C@@H](Cc1ccccc1)C(=O)N[C@@H](Cc1ccccc1)C(=O)N=[N+]=[N-]. The highest BCUT2D eigenvalue weighted by molar-refractivity contribution is 7.80. The van der Waals surface area contributed by atoms with Gasteiger partial charge in [0.15, 0.2) is 0 Å². The Morgan fingerprint density at radius 1 is 0.564 bits per heavy atom. The van der Waals surface area contributed by atoms with Crippen LogP contribution in [-0.2, 0) is 64.0 Å². The van der Waals surface area contributed by atoms with Crippen LogP contribution in [0.3, 0.4) is 0 Å². The summed E-state index contributed by atoms with van der Waals surface area (Å²) in [6.45, 7) is 1.47. The van der Waals surface area contributed by atoms with Crippen molar-refractivity contribution in [2.24, 2.45) is 16.6 Å². The lowest BCUT2D eigenvalue weighted by molar-refractivity contribution is -0.137. The topological polar surface area (TPSA) is 358 Å². The van der Waals surface area contributed by atoms with Crippen LogP contribution in [0.25, 0.3) is 21.3 Å². The van der Waals surface area contributed by atoms with Gasteiger partial charge in [0, 0.05) is 52.8 Å². The summed E-state index contributed by atoms with van der Waals surface area (Å²) in [4.78, 5) is 117. The minimum atomic E-state index is -1.72. The number of H-pyrrole nitrogens is 1. The molecule has 0 aliphatic rings. The third-order valence-corrected chi connectivity index (χ3v) is 13.4. The molecule has 5 rings (SSSR count). The Morgan fingerprint density at radius 2 is 1.00 bits per heavy atom. The number of unbranched alkanes of at least 4 members (excludes halogenated alkanes) is 1. The second-order valence-corrected chi connectivity index (χ2v) is 19.2. The lowest BCUT2D eigenvalue weighted by atomic mass is 10.0. The van der Waals surface area contributed by atoms with E-state index in [1.165, 1.54) is 6.92 Å². The molecule has 13 N–H and O–H groups in total.